The second-order valence-corrected chi connectivity index (χ2v) is 14.5. The van der Waals surface area contributed by atoms with Gasteiger partial charge in [-0.3, -0.25) is 0 Å². The normalized spacial score (nSPS) is 11.9. The molecule has 0 aliphatic rings. The highest BCUT2D eigenvalue weighted by molar-refractivity contribution is 6.12. The third-order valence-corrected chi connectivity index (χ3v) is 11.4. The summed E-state index contributed by atoms with van der Waals surface area (Å²) in [6, 6.07) is 81.6. The van der Waals surface area contributed by atoms with Crippen LogP contribution in [0.4, 0.5) is 0 Å². The zero-order valence-corrected chi connectivity index (χ0v) is 31.0. The summed E-state index contributed by atoms with van der Waals surface area (Å²) in [5.41, 5.74) is 12.8. The maximum Gasteiger partial charge on any atom is 0.0701 e. The minimum absolute atomic E-state index is 0.484. The van der Waals surface area contributed by atoms with Gasteiger partial charge in [0.15, 0.2) is 0 Å². The van der Waals surface area contributed by atoms with E-state index >= 15 is 0 Å². The molecule has 264 valence electrons. The van der Waals surface area contributed by atoms with E-state index in [-0.39, 0.29) is 0 Å². The minimum atomic E-state index is -0.484. The first-order chi connectivity index (χ1) is 27.8. The molecule has 0 atom stereocenters. The molecule has 0 radical (unpaired) electrons. The summed E-state index contributed by atoms with van der Waals surface area (Å²) < 4.78 is 2.44. The first-order valence-corrected chi connectivity index (χ1v) is 19.3. The van der Waals surface area contributed by atoms with E-state index in [0.717, 1.165) is 0 Å². The summed E-state index contributed by atoms with van der Waals surface area (Å²) in [4.78, 5) is 0. The Kier molecular flexibility index (Phi) is 8.46. The van der Waals surface area contributed by atoms with Crippen LogP contribution in [0.15, 0.2) is 224 Å². The summed E-state index contributed by atoms with van der Waals surface area (Å²) >= 11 is 0. The van der Waals surface area contributed by atoms with Gasteiger partial charge >= 0.3 is 0 Å². The monoisotopic (exact) mass is 713 g/mol. The van der Waals surface area contributed by atoms with E-state index in [1.54, 1.807) is 0 Å². The van der Waals surface area contributed by atoms with Crippen molar-refractivity contribution in [3.05, 3.63) is 258 Å². The van der Waals surface area contributed by atoms with Crippen LogP contribution in [0.5, 0.6) is 0 Å². The van der Waals surface area contributed by atoms with E-state index < -0.39 is 5.41 Å². The van der Waals surface area contributed by atoms with Gasteiger partial charge < -0.3 is 4.57 Å². The molecule has 0 aliphatic carbocycles. The molecule has 10 aromatic rings. The second-order valence-electron chi connectivity index (χ2n) is 14.5. The van der Waals surface area contributed by atoms with Crippen LogP contribution in [0.3, 0.4) is 0 Å². The van der Waals surface area contributed by atoms with Crippen LogP contribution in [0.2, 0.25) is 0 Å². The molecule has 0 bridgehead atoms. The summed E-state index contributed by atoms with van der Waals surface area (Å²) in [7, 11) is 0. The lowest BCUT2D eigenvalue weighted by molar-refractivity contribution is 0.745. The predicted molar refractivity (Wildman–Crippen MR) is 237 cm³/mol. The third kappa shape index (κ3) is 5.65. The van der Waals surface area contributed by atoms with Crippen molar-refractivity contribution in [2.75, 3.05) is 0 Å². The number of para-hydroxylation sites is 1. The standard InChI is InChI=1S/C55H39N/c1-5-17-40(18-6-1)29-30-41-31-37-54-51(39-41)50-27-15-16-28-52(50)56(54)53-38-36-47(48-25-13-14-26-49(48)53)42-32-34-46(35-33-42)55(43-19-7-2-8-20-43,44-21-9-3-10-22-44)45-23-11-4-12-24-45/h1-39H/b30-29+. The van der Waals surface area contributed by atoms with Gasteiger partial charge in [0.2, 0.25) is 0 Å². The topological polar surface area (TPSA) is 4.93 Å². The van der Waals surface area contributed by atoms with E-state index in [1.807, 2.05) is 0 Å². The maximum absolute atomic E-state index is 2.44. The quantitative estimate of drug-likeness (QED) is 0.109. The van der Waals surface area contributed by atoms with Crippen molar-refractivity contribution in [1.29, 1.82) is 0 Å². The summed E-state index contributed by atoms with van der Waals surface area (Å²) in [6.45, 7) is 0. The van der Waals surface area contributed by atoms with Gasteiger partial charge in [0.05, 0.1) is 22.1 Å². The molecule has 0 fully saturated rings. The first-order valence-electron chi connectivity index (χ1n) is 19.3. The van der Waals surface area contributed by atoms with Crippen molar-refractivity contribution in [2.45, 2.75) is 5.41 Å². The maximum atomic E-state index is 2.44. The van der Waals surface area contributed by atoms with Crippen molar-refractivity contribution in [1.82, 2.24) is 4.57 Å². The third-order valence-electron chi connectivity index (χ3n) is 11.4. The van der Waals surface area contributed by atoms with Gasteiger partial charge in [-0.05, 0) is 74.2 Å². The lowest BCUT2D eigenvalue weighted by atomic mass is 9.65. The highest BCUT2D eigenvalue weighted by Gasteiger charge is 2.38. The largest absolute Gasteiger partial charge is 0.309 e. The number of rotatable bonds is 8. The second kappa shape index (κ2) is 14.2. The summed E-state index contributed by atoms with van der Waals surface area (Å²) in [5.74, 6) is 0. The fourth-order valence-corrected chi connectivity index (χ4v) is 8.80. The number of hydrogen-bond donors (Lipinski definition) is 0. The highest BCUT2D eigenvalue weighted by atomic mass is 15.0. The smallest absolute Gasteiger partial charge is 0.0701 e. The lowest BCUT2D eigenvalue weighted by Gasteiger charge is -2.37. The van der Waals surface area contributed by atoms with Gasteiger partial charge in [0, 0.05) is 16.2 Å². The molecule has 0 spiro atoms. The molecule has 1 heterocycles. The fraction of sp³-hybridized carbons (Fsp3) is 0.0182. The SMILES string of the molecule is C(=C\c1ccc2c(c1)c1ccccc1n2-c1ccc(-c2ccc(C(c3ccccc3)(c3ccccc3)c3ccccc3)cc2)c2ccccc12)/c1ccccc1. The first kappa shape index (κ1) is 33.4. The number of benzene rings is 9. The van der Waals surface area contributed by atoms with E-state index in [4.69, 9.17) is 0 Å². The molecule has 0 unspecified atom stereocenters. The lowest BCUT2D eigenvalue weighted by Crippen LogP contribution is -2.30. The Morgan fingerprint density at radius 1 is 0.321 bits per heavy atom. The van der Waals surface area contributed by atoms with Crippen molar-refractivity contribution < 1.29 is 0 Å². The van der Waals surface area contributed by atoms with Crippen LogP contribution in [0, 0.1) is 0 Å². The molecule has 56 heavy (non-hydrogen) atoms. The molecule has 1 aromatic heterocycles. The van der Waals surface area contributed by atoms with E-state index in [1.165, 1.54) is 82.8 Å². The molecule has 0 N–H and O–H groups in total. The number of aromatic nitrogens is 1. The Balaban J connectivity index is 1.11. The molecule has 9 aromatic carbocycles. The molecule has 0 saturated heterocycles. The van der Waals surface area contributed by atoms with Crippen molar-refractivity contribution >= 4 is 44.7 Å². The van der Waals surface area contributed by atoms with Gasteiger partial charge in [-0.25, -0.2) is 0 Å². The van der Waals surface area contributed by atoms with Crippen LogP contribution in [-0.2, 0) is 5.41 Å². The molecule has 0 amide bonds. The molecule has 0 saturated carbocycles. The highest BCUT2D eigenvalue weighted by Crippen LogP contribution is 2.46. The number of hydrogen-bond acceptors (Lipinski definition) is 0. The summed E-state index contributed by atoms with van der Waals surface area (Å²) in [5, 5.41) is 4.95. The molecule has 10 rings (SSSR count). The Morgan fingerprint density at radius 3 is 1.43 bits per heavy atom. The fourth-order valence-electron chi connectivity index (χ4n) is 8.80. The van der Waals surface area contributed by atoms with E-state index in [0.29, 0.717) is 0 Å². The van der Waals surface area contributed by atoms with Crippen LogP contribution < -0.4 is 0 Å². The average molecular weight is 714 g/mol. The Hall–Kier alpha value is -7.22. The van der Waals surface area contributed by atoms with Gasteiger partial charge in [0.1, 0.15) is 0 Å². The van der Waals surface area contributed by atoms with Crippen molar-refractivity contribution in [3.8, 4) is 16.8 Å². The van der Waals surface area contributed by atoms with E-state index in [2.05, 4.69) is 241 Å². The zero-order chi connectivity index (χ0) is 37.3. The minimum Gasteiger partial charge on any atom is -0.309 e. The van der Waals surface area contributed by atoms with Gasteiger partial charge in [-0.15, -0.1) is 0 Å². The van der Waals surface area contributed by atoms with Crippen LogP contribution in [0.1, 0.15) is 33.4 Å². The molecule has 1 nitrogen and oxygen atoms in total. The van der Waals surface area contributed by atoms with Crippen LogP contribution in [-0.4, -0.2) is 4.57 Å². The Bertz CT molecular complexity index is 2880. The predicted octanol–water partition coefficient (Wildman–Crippen LogP) is 14.2. The van der Waals surface area contributed by atoms with Crippen molar-refractivity contribution in [3.63, 3.8) is 0 Å². The molecular weight excluding hydrogens is 675 g/mol. The van der Waals surface area contributed by atoms with Gasteiger partial charge in [-0.1, -0.05) is 212 Å². The number of nitrogens with zero attached hydrogens (tertiary/aromatic N) is 1. The number of fused-ring (bicyclic) bond motifs is 4. The molecule has 0 aliphatic heterocycles. The van der Waals surface area contributed by atoms with E-state index in [9.17, 15) is 0 Å². The van der Waals surface area contributed by atoms with Crippen LogP contribution in [0.25, 0.3) is 61.5 Å². The molecular formula is C55H39N. The van der Waals surface area contributed by atoms with Crippen molar-refractivity contribution in [2.24, 2.45) is 0 Å². The van der Waals surface area contributed by atoms with Crippen LogP contribution >= 0.6 is 0 Å². The average Bonchev–Trinajstić information content (AvgIpc) is 3.61. The summed E-state index contributed by atoms with van der Waals surface area (Å²) in [6.07, 6.45) is 4.39. The Morgan fingerprint density at radius 2 is 0.804 bits per heavy atom. The molecule has 1 heteroatoms. The zero-order valence-electron chi connectivity index (χ0n) is 31.0. The van der Waals surface area contributed by atoms with Gasteiger partial charge in [-0.2, -0.15) is 0 Å². The van der Waals surface area contributed by atoms with Gasteiger partial charge in [0.25, 0.3) is 0 Å². The Labute approximate surface area is 328 Å².